The van der Waals surface area contributed by atoms with Gasteiger partial charge < -0.3 is 10.2 Å². The molecule has 1 spiro atoms. The van der Waals surface area contributed by atoms with Crippen LogP contribution < -0.4 is 10.2 Å². The molecule has 2 aromatic heterocycles. The van der Waals surface area contributed by atoms with Gasteiger partial charge in [0.15, 0.2) is 0 Å². The Bertz CT molecular complexity index is 1320. The van der Waals surface area contributed by atoms with Crippen LogP contribution >= 0.6 is 11.5 Å². The molecular formula is C24H24F4N6S. The van der Waals surface area contributed by atoms with Gasteiger partial charge in [-0.25, -0.2) is 9.07 Å². The molecule has 7 rings (SSSR count). The van der Waals surface area contributed by atoms with E-state index in [0.717, 1.165) is 24.8 Å². The van der Waals surface area contributed by atoms with Crippen molar-refractivity contribution in [1.29, 1.82) is 0 Å². The molecule has 6 nitrogen and oxygen atoms in total. The minimum absolute atomic E-state index is 0.0648. The van der Waals surface area contributed by atoms with E-state index in [9.17, 15) is 17.6 Å². The zero-order chi connectivity index (χ0) is 24.1. The summed E-state index contributed by atoms with van der Waals surface area (Å²) in [5, 5.41) is 9.37. The number of alkyl halides is 3. The lowest BCUT2D eigenvalue weighted by molar-refractivity contribution is -0.138. The number of aryl methyl sites for hydroxylation is 2. The maximum Gasteiger partial charge on any atom is 0.416 e. The number of hydrogen-bond donors (Lipinski definition) is 1. The fourth-order valence-corrected chi connectivity index (χ4v) is 7.60. The van der Waals surface area contributed by atoms with Crippen molar-refractivity contribution in [2.75, 3.05) is 23.3 Å². The third-order valence-electron chi connectivity index (χ3n) is 8.48. The Kier molecular flexibility index (Phi) is 4.43. The molecule has 3 fully saturated rings. The molecule has 2 saturated carbocycles. The topological polar surface area (TPSA) is 58.9 Å². The van der Waals surface area contributed by atoms with Gasteiger partial charge in [-0.3, -0.25) is 0 Å². The monoisotopic (exact) mass is 504 g/mol. The number of halogens is 4. The van der Waals surface area contributed by atoms with Gasteiger partial charge in [-0.15, -0.1) is 5.10 Å². The molecule has 2 aliphatic carbocycles. The normalized spacial score (nSPS) is 30.9. The molecule has 0 radical (unpaired) electrons. The summed E-state index contributed by atoms with van der Waals surface area (Å²) in [5.41, 5.74) is 0.545. The lowest BCUT2D eigenvalue weighted by Crippen LogP contribution is -2.47. The SMILES string of the molecule is Cc1cc(N2C[C@H]3[C@H](Nc4nc5n(n4)CCCC5c4ccc(F)cc4C(F)(F)F)[C@@H]4CC34C2)sn1. The number of nitrogens with zero attached hydrogens (tertiary/aromatic N) is 5. The third kappa shape index (κ3) is 3.23. The van der Waals surface area contributed by atoms with Crippen LogP contribution in [-0.2, 0) is 12.7 Å². The fraction of sp³-hybridized carbons (Fsp3) is 0.542. The Labute approximate surface area is 203 Å². The highest BCUT2D eigenvalue weighted by atomic mass is 32.1. The number of rotatable bonds is 4. The predicted molar refractivity (Wildman–Crippen MR) is 123 cm³/mol. The number of hydrogen-bond acceptors (Lipinski definition) is 6. The van der Waals surface area contributed by atoms with Crippen molar-refractivity contribution in [2.45, 2.75) is 50.9 Å². The van der Waals surface area contributed by atoms with Crippen LogP contribution in [0.3, 0.4) is 0 Å². The number of aromatic nitrogens is 4. The van der Waals surface area contributed by atoms with Crippen LogP contribution in [0, 0.1) is 30.0 Å². The summed E-state index contributed by atoms with van der Waals surface area (Å²) in [4.78, 5) is 7.12. The first-order chi connectivity index (χ1) is 16.7. The smallest absolute Gasteiger partial charge is 0.361 e. The second-order valence-corrected chi connectivity index (χ2v) is 11.2. The van der Waals surface area contributed by atoms with Crippen molar-refractivity contribution in [3.05, 3.63) is 52.7 Å². The molecule has 0 amide bonds. The van der Waals surface area contributed by atoms with Crippen molar-refractivity contribution in [3.63, 3.8) is 0 Å². The van der Waals surface area contributed by atoms with E-state index in [2.05, 4.69) is 30.7 Å². The highest BCUT2D eigenvalue weighted by molar-refractivity contribution is 7.10. The minimum Gasteiger partial charge on any atom is -0.361 e. The van der Waals surface area contributed by atoms with Gasteiger partial charge in [-0.05, 0) is 72.8 Å². The van der Waals surface area contributed by atoms with E-state index < -0.39 is 23.5 Å². The Balaban J connectivity index is 1.13. The van der Waals surface area contributed by atoms with Crippen LogP contribution in [0.15, 0.2) is 24.3 Å². The molecule has 1 saturated heterocycles. The zero-order valence-electron chi connectivity index (χ0n) is 19.0. The number of benzene rings is 1. The Morgan fingerprint density at radius 1 is 1.20 bits per heavy atom. The molecule has 5 atom stereocenters. The van der Waals surface area contributed by atoms with Crippen molar-refractivity contribution in [2.24, 2.45) is 17.3 Å². The van der Waals surface area contributed by atoms with Crippen LogP contribution in [0.25, 0.3) is 0 Å². The maximum absolute atomic E-state index is 13.7. The van der Waals surface area contributed by atoms with Crippen LogP contribution in [0.5, 0.6) is 0 Å². The average molecular weight is 505 g/mol. The molecule has 2 aliphatic heterocycles. The number of fused-ring (bicyclic) bond motifs is 1. The molecule has 184 valence electrons. The van der Waals surface area contributed by atoms with Gasteiger partial charge in [-0.1, -0.05) is 6.07 Å². The van der Waals surface area contributed by atoms with Crippen LogP contribution in [0.1, 0.15) is 47.8 Å². The molecule has 1 aromatic carbocycles. The average Bonchev–Trinajstić information content (AvgIpc) is 3.14. The maximum atomic E-state index is 13.7. The quantitative estimate of drug-likeness (QED) is 0.503. The first kappa shape index (κ1) is 21.6. The second-order valence-electron chi connectivity index (χ2n) is 10.4. The Morgan fingerprint density at radius 2 is 2.06 bits per heavy atom. The molecule has 3 aromatic rings. The summed E-state index contributed by atoms with van der Waals surface area (Å²) in [6.07, 6.45) is -2.23. The van der Waals surface area contributed by atoms with Crippen molar-refractivity contribution in [1.82, 2.24) is 19.1 Å². The van der Waals surface area contributed by atoms with Gasteiger partial charge in [0.2, 0.25) is 5.95 Å². The van der Waals surface area contributed by atoms with Crippen LogP contribution in [0.4, 0.5) is 28.5 Å². The Morgan fingerprint density at radius 3 is 2.83 bits per heavy atom. The molecule has 11 heteroatoms. The molecule has 0 bridgehead atoms. The lowest BCUT2D eigenvalue weighted by Gasteiger charge is -2.38. The van der Waals surface area contributed by atoms with Gasteiger partial charge in [-0.2, -0.15) is 22.5 Å². The van der Waals surface area contributed by atoms with Crippen LogP contribution in [-0.4, -0.2) is 38.3 Å². The molecule has 4 aliphatic rings. The van der Waals surface area contributed by atoms with Gasteiger partial charge in [0.25, 0.3) is 0 Å². The first-order valence-electron chi connectivity index (χ1n) is 12.0. The summed E-state index contributed by atoms with van der Waals surface area (Å²) < 4.78 is 60.9. The molecule has 1 N–H and O–H groups in total. The van der Waals surface area contributed by atoms with E-state index in [1.165, 1.54) is 17.5 Å². The van der Waals surface area contributed by atoms with Gasteiger partial charge in [0.05, 0.1) is 11.3 Å². The van der Waals surface area contributed by atoms with E-state index in [4.69, 9.17) is 0 Å². The number of nitrogens with one attached hydrogen (secondary N) is 1. The first-order valence-corrected chi connectivity index (χ1v) is 12.8. The Hall–Kier alpha value is -2.69. The third-order valence-corrected chi connectivity index (χ3v) is 9.42. The van der Waals surface area contributed by atoms with E-state index >= 15 is 0 Å². The summed E-state index contributed by atoms with van der Waals surface area (Å²) >= 11 is 1.55. The van der Waals surface area contributed by atoms with Crippen LogP contribution in [0.2, 0.25) is 0 Å². The summed E-state index contributed by atoms with van der Waals surface area (Å²) in [5.74, 6) is 0.627. The van der Waals surface area contributed by atoms with Crippen molar-refractivity contribution >= 4 is 22.5 Å². The van der Waals surface area contributed by atoms with E-state index in [1.54, 1.807) is 16.2 Å². The second kappa shape index (κ2) is 7.18. The van der Waals surface area contributed by atoms with Crippen molar-refractivity contribution < 1.29 is 17.6 Å². The standard InChI is InChI=1S/C24H24F4N6S/c1-12-7-19(35-32-12)33-10-18-20(17-9-23(17,18)11-33)29-22-30-21-15(3-2-6-34(21)31-22)14-5-4-13(25)8-16(14)24(26,27)28/h4-5,7-8,15,17-18,20H,2-3,6,9-11H2,1H3,(H,29,31)/t15?,17-,18-,20+,23?/m0/s1. The largest absolute Gasteiger partial charge is 0.416 e. The summed E-state index contributed by atoms with van der Waals surface area (Å²) in [6.45, 7) is 4.65. The van der Waals surface area contributed by atoms with E-state index in [-0.39, 0.29) is 11.6 Å². The van der Waals surface area contributed by atoms with Gasteiger partial charge >= 0.3 is 6.18 Å². The minimum atomic E-state index is -4.63. The van der Waals surface area contributed by atoms with Gasteiger partial charge in [0, 0.05) is 37.5 Å². The highest BCUT2D eigenvalue weighted by Crippen LogP contribution is 2.74. The molecule has 2 unspecified atom stereocenters. The predicted octanol–water partition coefficient (Wildman–Crippen LogP) is 5.06. The zero-order valence-corrected chi connectivity index (χ0v) is 19.8. The fourth-order valence-electron chi connectivity index (χ4n) is 6.83. The highest BCUT2D eigenvalue weighted by Gasteiger charge is 2.76. The van der Waals surface area contributed by atoms with E-state index in [1.807, 2.05) is 6.92 Å². The molecule has 35 heavy (non-hydrogen) atoms. The molecular weight excluding hydrogens is 480 g/mol. The van der Waals surface area contributed by atoms with Gasteiger partial charge in [0.1, 0.15) is 16.6 Å². The molecule has 4 heterocycles. The summed E-state index contributed by atoms with van der Waals surface area (Å²) in [6, 6.07) is 5.34. The lowest BCUT2D eigenvalue weighted by atomic mass is 9.71. The van der Waals surface area contributed by atoms with Crippen molar-refractivity contribution in [3.8, 4) is 0 Å². The number of anilines is 2. The van der Waals surface area contributed by atoms with E-state index in [0.29, 0.717) is 54.5 Å². The summed E-state index contributed by atoms with van der Waals surface area (Å²) in [7, 11) is 0.